The van der Waals surface area contributed by atoms with E-state index in [4.69, 9.17) is 9.47 Å². The number of carbonyl (C=O) groups excluding carboxylic acids is 1. The van der Waals surface area contributed by atoms with Gasteiger partial charge in [0.1, 0.15) is 11.7 Å². The van der Waals surface area contributed by atoms with Crippen LogP contribution in [0.5, 0.6) is 0 Å². The Labute approximate surface area is 142 Å². The molecule has 2 unspecified atom stereocenters. The molecule has 4 nitrogen and oxygen atoms in total. The van der Waals surface area contributed by atoms with Gasteiger partial charge in [0.15, 0.2) is 0 Å². The van der Waals surface area contributed by atoms with Crippen LogP contribution in [0.1, 0.15) is 80.1 Å². The van der Waals surface area contributed by atoms with Crippen LogP contribution in [-0.4, -0.2) is 29.4 Å². The Hall–Kier alpha value is -1.03. The van der Waals surface area contributed by atoms with Crippen molar-refractivity contribution in [2.45, 2.75) is 103 Å². The summed E-state index contributed by atoms with van der Waals surface area (Å²) in [5, 5.41) is 3.64. The van der Waals surface area contributed by atoms with Crippen molar-refractivity contribution in [3.63, 3.8) is 0 Å². The van der Waals surface area contributed by atoms with Gasteiger partial charge in [-0.05, 0) is 72.3 Å². The minimum atomic E-state index is -0.546. The zero-order chi connectivity index (χ0) is 17.5. The van der Waals surface area contributed by atoms with Crippen LogP contribution in [0.4, 0.5) is 4.79 Å². The van der Waals surface area contributed by atoms with Crippen molar-refractivity contribution in [1.29, 1.82) is 0 Å². The van der Waals surface area contributed by atoms with Gasteiger partial charge in [0.05, 0.1) is 0 Å². The standard InChI is InChI=1S/C19H35NO3/c1-7-19(6,8-2)23-17(21)22-16-13-9-11-15(12-10-14-16)20-18(3,4)5/h9,13,15-16,20H,7-8,10-12,14H2,1-6H3/b13-9+. The highest BCUT2D eigenvalue weighted by Gasteiger charge is 2.27. The van der Waals surface area contributed by atoms with Gasteiger partial charge < -0.3 is 14.8 Å². The van der Waals surface area contributed by atoms with Crippen molar-refractivity contribution in [3.05, 3.63) is 12.2 Å². The van der Waals surface area contributed by atoms with Crippen molar-refractivity contribution in [2.24, 2.45) is 0 Å². The largest absolute Gasteiger partial charge is 0.509 e. The van der Waals surface area contributed by atoms with E-state index in [1.165, 1.54) is 0 Å². The van der Waals surface area contributed by atoms with Gasteiger partial charge in [-0.15, -0.1) is 0 Å². The molecule has 134 valence electrons. The smallest absolute Gasteiger partial charge is 0.428 e. The fourth-order valence-electron chi connectivity index (χ4n) is 2.76. The molecule has 1 aliphatic rings. The van der Waals surface area contributed by atoms with Gasteiger partial charge in [0, 0.05) is 11.6 Å². The van der Waals surface area contributed by atoms with Gasteiger partial charge in [-0.3, -0.25) is 0 Å². The average Bonchev–Trinajstić information content (AvgIpc) is 2.42. The monoisotopic (exact) mass is 325 g/mol. The zero-order valence-electron chi connectivity index (χ0n) is 15.8. The van der Waals surface area contributed by atoms with E-state index >= 15 is 0 Å². The Morgan fingerprint density at radius 2 is 1.83 bits per heavy atom. The molecule has 0 aliphatic heterocycles. The van der Waals surface area contributed by atoms with Gasteiger partial charge in [-0.2, -0.15) is 0 Å². The molecule has 0 spiro atoms. The third-order valence-electron chi connectivity index (χ3n) is 4.52. The van der Waals surface area contributed by atoms with E-state index in [9.17, 15) is 4.79 Å². The first-order chi connectivity index (χ1) is 10.7. The maximum absolute atomic E-state index is 12.0. The molecule has 0 amide bonds. The van der Waals surface area contributed by atoms with E-state index in [2.05, 4.69) is 32.2 Å². The quantitative estimate of drug-likeness (QED) is 0.572. The molecular weight excluding hydrogens is 290 g/mol. The maximum atomic E-state index is 12.0. The third kappa shape index (κ3) is 7.87. The van der Waals surface area contributed by atoms with Gasteiger partial charge in [0.25, 0.3) is 0 Å². The second kappa shape index (κ2) is 8.72. The van der Waals surface area contributed by atoms with Crippen molar-refractivity contribution in [1.82, 2.24) is 5.32 Å². The normalized spacial score (nSPS) is 24.4. The minimum absolute atomic E-state index is 0.127. The van der Waals surface area contributed by atoms with Crippen molar-refractivity contribution in [3.8, 4) is 0 Å². The lowest BCUT2D eigenvalue weighted by Gasteiger charge is -2.30. The molecule has 1 rings (SSSR count). The number of hydrogen-bond acceptors (Lipinski definition) is 4. The molecule has 0 saturated heterocycles. The first kappa shape index (κ1) is 20.0. The molecule has 0 radical (unpaired) electrons. The summed E-state index contributed by atoms with van der Waals surface area (Å²) in [6.45, 7) is 12.6. The Kier molecular flexibility index (Phi) is 7.59. The lowest BCUT2D eigenvalue weighted by molar-refractivity contribution is -0.0401. The van der Waals surface area contributed by atoms with Crippen molar-refractivity contribution in [2.75, 3.05) is 0 Å². The highest BCUT2D eigenvalue weighted by molar-refractivity contribution is 5.61. The van der Waals surface area contributed by atoms with Crippen LogP contribution in [0.2, 0.25) is 0 Å². The molecule has 0 aromatic rings. The summed E-state index contributed by atoms with van der Waals surface area (Å²) < 4.78 is 11.0. The van der Waals surface area contributed by atoms with Crippen LogP contribution >= 0.6 is 0 Å². The van der Waals surface area contributed by atoms with Crippen LogP contribution in [0, 0.1) is 0 Å². The van der Waals surface area contributed by atoms with Crippen molar-refractivity contribution >= 4 is 6.16 Å². The molecule has 2 atom stereocenters. The first-order valence-electron chi connectivity index (χ1n) is 9.01. The fourth-order valence-corrected chi connectivity index (χ4v) is 2.76. The molecule has 0 bridgehead atoms. The van der Waals surface area contributed by atoms with E-state index in [1.54, 1.807) is 0 Å². The molecule has 0 heterocycles. The van der Waals surface area contributed by atoms with Crippen LogP contribution in [-0.2, 0) is 9.47 Å². The van der Waals surface area contributed by atoms with Crippen LogP contribution < -0.4 is 5.32 Å². The maximum Gasteiger partial charge on any atom is 0.509 e. The van der Waals surface area contributed by atoms with Crippen molar-refractivity contribution < 1.29 is 14.3 Å². The molecule has 0 fully saturated rings. The molecule has 1 aliphatic carbocycles. The lowest BCUT2D eigenvalue weighted by Crippen LogP contribution is -2.43. The Morgan fingerprint density at radius 1 is 1.17 bits per heavy atom. The summed E-state index contributed by atoms with van der Waals surface area (Å²) in [4.78, 5) is 12.0. The predicted molar refractivity (Wildman–Crippen MR) is 94.6 cm³/mol. The lowest BCUT2D eigenvalue weighted by atomic mass is 9.97. The molecule has 1 N–H and O–H groups in total. The fraction of sp³-hybridized carbons (Fsp3) is 0.842. The molecule has 0 aromatic heterocycles. The minimum Gasteiger partial charge on any atom is -0.428 e. The van der Waals surface area contributed by atoms with Crippen LogP contribution in [0.3, 0.4) is 0 Å². The number of carbonyl (C=O) groups is 1. The topological polar surface area (TPSA) is 47.6 Å². The van der Waals surface area contributed by atoms with E-state index in [0.717, 1.165) is 38.5 Å². The van der Waals surface area contributed by atoms with Gasteiger partial charge in [-0.25, -0.2) is 4.79 Å². The summed E-state index contributed by atoms with van der Waals surface area (Å²) in [5.74, 6) is 0. The number of rotatable bonds is 5. The van der Waals surface area contributed by atoms with Crippen LogP contribution in [0.15, 0.2) is 12.2 Å². The van der Waals surface area contributed by atoms with Crippen LogP contribution in [0.25, 0.3) is 0 Å². The molecule has 23 heavy (non-hydrogen) atoms. The molecular formula is C19H35NO3. The van der Waals surface area contributed by atoms with E-state index in [-0.39, 0.29) is 11.6 Å². The van der Waals surface area contributed by atoms with E-state index in [0.29, 0.717) is 6.04 Å². The van der Waals surface area contributed by atoms with E-state index in [1.807, 2.05) is 26.8 Å². The highest BCUT2D eigenvalue weighted by atomic mass is 16.7. The van der Waals surface area contributed by atoms with Gasteiger partial charge in [-0.1, -0.05) is 19.9 Å². The highest BCUT2D eigenvalue weighted by Crippen LogP contribution is 2.22. The summed E-state index contributed by atoms with van der Waals surface area (Å²) in [6, 6.07) is 0.489. The first-order valence-corrected chi connectivity index (χ1v) is 9.01. The zero-order valence-corrected chi connectivity index (χ0v) is 15.8. The summed E-state index contributed by atoms with van der Waals surface area (Å²) in [7, 11) is 0. The van der Waals surface area contributed by atoms with Gasteiger partial charge >= 0.3 is 6.16 Å². The second-order valence-corrected chi connectivity index (χ2v) is 7.85. The Balaban J connectivity index is 2.49. The summed E-state index contributed by atoms with van der Waals surface area (Å²) in [5.41, 5.74) is -0.299. The number of nitrogens with one attached hydrogen (secondary N) is 1. The number of hydrogen-bond donors (Lipinski definition) is 1. The molecule has 4 heteroatoms. The Bertz CT molecular complexity index is 394. The average molecular weight is 325 g/mol. The number of ether oxygens (including phenoxy) is 2. The Morgan fingerprint density at radius 3 is 2.39 bits per heavy atom. The van der Waals surface area contributed by atoms with E-state index < -0.39 is 11.8 Å². The summed E-state index contributed by atoms with van der Waals surface area (Å²) in [6.07, 6.45) is 8.95. The van der Waals surface area contributed by atoms with Gasteiger partial charge in [0.2, 0.25) is 0 Å². The molecule has 0 aromatic carbocycles. The predicted octanol–water partition coefficient (Wildman–Crippen LogP) is 4.97. The summed E-state index contributed by atoms with van der Waals surface area (Å²) >= 11 is 0. The second-order valence-electron chi connectivity index (χ2n) is 7.85. The third-order valence-corrected chi connectivity index (χ3v) is 4.52. The molecule has 0 saturated carbocycles. The SMILES string of the molecule is CCC(C)(CC)OC(=O)OC1/C=C/CC(NC(C)(C)C)CCC1.